The van der Waals surface area contributed by atoms with Gasteiger partial charge in [0, 0.05) is 6.04 Å². The second-order valence-corrected chi connectivity index (χ2v) is 7.17. The van der Waals surface area contributed by atoms with Gasteiger partial charge in [0.2, 0.25) is 0 Å². The van der Waals surface area contributed by atoms with E-state index in [0.29, 0.717) is 16.5 Å². The maximum absolute atomic E-state index is 11.9. The topological polar surface area (TPSA) is 97.6 Å². The highest BCUT2D eigenvalue weighted by Crippen LogP contribution is 2.29. The van der Waals surface area contributed by atoms with Gasteiger partial charge in [-0.05, 0) is 46.3 Å². The third-order valence-corrected chi connectivity index (χ3v) is 5.03. The van der Waals surface area contributed by atoms with Crippen LogP contribution < -0.4 is 10.6 Å². The zero-order valence-corrected chi connectivity index (χ0v) is 15.9. The van der Waals surface area contributed by atoms with E-state index < -0.39 is 11.9 Å². The van der Waals surface area contributed by atoms with Gasteiger partial charge in [-0.1, -0.05) is 26.7 Å². The molecule has 7 nitrogen and oxygen atoms in total. The van der Waals surface area contributed by atoms with Crippen LogP contribution in [0.4, 0.5) is 0 Å². The van der Waals surface area contributed by atoms with Crippen molar-refractivity contribution in [1.29, 1.82) is 0 Å². The van der Waals surface area contributed by atoms with Crippen LogP contribution in [-0.2, 0) is 14.3 Å². The minimum atomic E-state index is -0.681. The summed E-state index contributed by atoms with van der Waals surface area (Å²) < 4.78 is 10.4. The minimum Gasteiger partial charge on any atom is -0.454 e. The number of ether oxygens (including phenoxy) is 1. The summed E-state index contributed by atoms with van der Waals surface area (Å²) in [5.41, 5.74) is 0. The molecule has 8 heteroatoms. The molecule has 2 N–H and O–H groups in total. The molecule has 0 radical (unpaired) electrons. The van der Waals surface area contributed by atoms with Crippen LogP contribution in [0.25, 0.3) is 0 Å². The fraction of sp³-hybridized carbons (Fsp3) is 0.588. The Morgan fingerprint density at radius 3 is 2.72 bits per heavy atom. The first kappa shape index (κ1) is 19.5. The summed E-state index contributed by atoms with van der Waals surface area (Å²) >= 11 is 3.09. The second kappa shape index (κ2) is 9.03. The van der Waals surface area contributed by atoms with Gasteiger partial charge in [-0.3, -0.25) is 14.4 Å². The normalized spacial score (nSPS) is 22.9. The lowest BCUT2D eigenvalue weighted by molar-refractivity contribution is -0.147. The molecule has 0 saturated heterocycles. The number of furan rings is 1. The number of hydrogen-bond donors (Lipinski definition) is 2. The van der Waals surface area contributed by atoms with Crippen LogP contribution in [-0.4, -0.2) is 37.0 Å². The lowest BCUT2D eigenvalue weighted by Crippen LogP contribution is -2.45. The Morgan fingerprint density at radius 1 is 1.28 bits per heavy atom. The highest BCUT2D eigenvalue weighted by molar-refractivity contribution is 9.10. The van der Waals surface area contributed by atoms with Crippen molar-refractivity contribution in [1.82, 2.24) is 10.6 Å². The van der Waals surface area contributed by atoms with Crippen molar-refractivity contribution in [2.45, 2.75) is 39.2 Å². The molecule has 3 atom stereocenters. The van der Waals surface area contributed by atoms with E-state index in [1.807, 2.05) is 0 Å². The largest absolute Gasteiger partial charge is 0.454 e. The standard InChI is InChI=1S/C17H23BrN2O5/c1-10-4-3-5-12(11(10)2)20-15(21)9-24-16(22)8-19-17(23)13-6-7-14(18)25-13/h6-7,10-12H,3-5,8-9H2,1-2H3,(H,19,23)(H,20,21)/t10-,11+,12+/m0/s1. The average molecular weight is 415 g/mol. The second-order valence-electron chi connectivity index (χ2n) is 6.39. The van der Waals surface area contributed by atoms with Crippen molar-refractivity contribution in [3.8, 4) is 0 Å². The van der Waals surface area contributed by atoms with Crippen LogP contribution in [0, 0.1) is 11.8 Å². The lowest BCUT2D eigenvalue weighted by atomic mass is 9.78. The van der Waals surface area contributed by atoms with Gasteiger partial charge in [0.05, 0.1) is 0 Å². The fourth-order valence-electron chi connectivity index (χ4n) is 2.91. The van der Waals surface area contributed by atoms with Gasteiger partial charge in [0.15, 0.2) is 17.0 Å². The van der Waals surface area contributed by atoms with Crippen molar-refractivity contribution >= 4 is 33.7 Å². The monoisotopic (exact) mass is 414 g/mol. The zero-order valence-electron chi connectivity index (χ0n) is 14.3. The van der Waals surface area contributed by atoms with Gasteiger partial charge in [-0.2, -0.15) is 0 Å². The van der Waals surface area contributed by atoms with E-state index >= 15 is 0 Å². The van der Waals surface area contributed by atoms with E-state index in [-0.39, 0.29) is 30.9 Å². The molecule has 138 valence electrons. The first-order valence-electron chi connectivity index (χ1n) is 8.35. The summed E-state index contributed by atoms with van der Waals surface area (Å²) in [4.78, 5) is 35.3. The number of esters is 1. The van der Waals surface area contributed by atoms with Crippen LogP contribution in [0.3, 0.4) is 0 Å². The van der Waals surface area contributed by atoms with E-state index in [0.717, 1.165) is 12.8 Å². The maximum Gasteiger partial charge on any atom is 0.325 e. The molecule has 0 spiro atoms. The summed E-state index contributed by atoms with van der Waals surface area (Å²) in [7, 11) is 0. The molecule has 0 aliphatic heterocycles. The molecule has 1 aliphatic carbocycles. The van der Waals surface area contributed by atoms with Crippen molar-refractivity contribution in [3.63, 3.8) is 0 Å². The Bertz CT molecular complexity index is 630. The quantitative estimate of drug-likeness (QED) is 0.695. The molecule has 1 aromatic rings. The third kappa shape index (κ3) is 5.88. The average Bonchev–Trinajstić information content (AvgIpc) is 3.01. The summed E-state index contributed by atoms with van der Waals surface area (Å²) in [5, 5.41) is 5.29. The predicted molar refractivity (Wildman–Crippen MR) is 93.8 cm³/mol. The number of carbonyl (C=O) groups excluding carboxylic acids is 3. The molecule has 0 bridgehead atoms. The summed E-state index contributed by atoms with van der Waals surface area (Å²) in [6.07, 6.45) is 3.21. The minimum absolute atomic E-state index is 0.0813. The maximum atomic E-state index is 11.9. The van der Waals surface area contributed by atoms with E-state index in [9.17, 15) is 14.4 Å². The van der Waals surface area contributed by atoms with Crippen LogP contribution in [0.5, 0.6) is 0 Å². The molecule has 1 fully saturated rings. The van der Waals surface area contributed by atoms with E-state index in [1.54, 1.807) is 6.07 Å². The lowest BCUT2D eigenvalue weighted by Gasteiger charge is -2.34. The molecule has 2 amide bonds. The summed E-state index contributed by atoms with van der Waals surface area (Å²) in [6.45, 7) is 3.63. The van der Waals surface area contributed by atoms with E-state index in [2.05, 4.69) is 40.4 Å². The number of carbonyl (C=O) groups is 3. The number of hydrogen-bond acceptors (Lipinski definition) is 5. The van der Waals surface area contributed by atoms with Crippen LogP contribution in [0.1, 0.15) is 43.7 Å². The molecule has 1 heterocycles. The highest BCUT2D eigenvalue weighted by Gasteiger charge is 2.28. The molecule has 1 aromatic heterocycles. The van der Waals surface area contributed by atoms with Gasteiger partial charge >= 0.3 is 5.97 Å². The third-order valence-electron chi connectivity index (χ3n) is 4.61. The summed E-state index contributed by atoms with van der Waals surface area (Å²) in [6, 6.07) is 3.17. The van der Waals surface area contributed by atoms with Gasteiger partial charge < -0.3 is 19.8 Å². The molecule has 1 aliphatic rings. The zero-order chi connectivity index (χ0) is 18.4. The SMILES string of the molecule is C[C@@H]1[C@@H](C)CCC[C@H]1NC(=O)COC(=O)CNC(=O)c1ccc(Br)o1. The molecule has 1 saturated carbocycles. The Morgan fingerprint density at radius 2 is 2.04 bits per heavy atom. The predicted octanol–water partition coefficient (Wildman–Crippen LogP) is 2.26. The summed E-state index contributed by atoms with van der Waals surface area (Å²) in [5.74, 6) is -0.478. The number of rotatable bonds is 6. The van der Waals surface area contributed by atoms with Gasteiger partial charge in [0.25, 0.3) is 11.8 Å². The number of nitrogens with one attached hydrogen (secondary N) is 2. The fourth-order valence-corrected chi connectivity index (χ4v) is 3.21. The number of amides is 2. The van der Waals surface area contributed by atoms with Crippen LogP contribution in [0.15, 0.2) is 21.2 Å². The Labute approximate surface area is 155 Å². The van der Waals surface area contributed by atoms with Gasteiger partial charge in [-0.15, -0.1) is 0 Å². The molecular formula is C17H23BrN2O5. The number of halogens is 1. The van der Waals surface area contributed by atoms with Crippen LogP contribution >= 0.6 is 15.9 Å². The van der Waals surface area contributed by atoms with Gasteiger partial charge in [0.1, 0.15) is 6.54 Å². The van der Waals surface area contributed by atoms with Crippen molar-refractivity contribution in [2.24, 2.45) is 11.8 Å². The Kier molecular flexibility index (Phi) is 7.04. The smallest absolute Gasteiger partial charge is 0.325 e. The van der Waals surface area contributed by atoms with Crippen LogP contribution in [0.2, 0.25) is 0 Å². The Hall–Kier alpha value is -1.83. The van der Waals surface area contributed by atoms with Crippen molar-refractivity contribution in [3.05, 3.63) is 22.6 Å². The molecule has 2 rings (SSSR count). The molecular weight excluding hydrogens is 392 g/mol. The first-order chi connectivity index (χ1) is 11.9. The molecule has 25 heavy (non-hydrogen) atoms. The van der Waals surface area contributed by atoms with Gasteiger partial charge in [-0.25, -0.2) is 0 Å². The van der Waals surface area contributed by atoms with E-state index in [4.69, 9.17) is 9.15 Å². The van der Waals surface area contributed by atoms with E-state index in [1.165, 1.54) is 12.5 Å². The molecule has 0 aromatic carbocycles. The highest BCUT2D eigenvalue weighted by atomic mass is 79.9. The first-order valence-corrected chi connectivity index (χ1v) is 9.14. The van der Waals surface area contributed by atoms with Crippen molar-refractivity contribution < 1.29 is 23.5 Å². The molecule has 0 unspecified atom stereocenters. The van der Waals surface area contributed by atoms with Crippen molar-refractivity contribution in [2.75, 3.05) is 13.2 Å². The Balaban J connectivity index is 1.67.